The predicted octanol–water partition coefficient (Wildman–Crippen LogP) is 0.0939. The Morgan fingerprint density at radius 3 is 2.58 bits per heavy atom. The Labute approximate surface area is 151 Å². The smallest absolute Gasteiger partial charge is 0.332 e. The minimum atomic E-state index is -0.466. The normalized spacial score (nSPS) is 16.1. The molecule has 1 aliphatic heterocycles. The molecule has 0 aliphatic carbocycles. The molecule has 1 saturated heterocycles. The molecule has 0 saturated carbocycles. The molecule has 3 heterocycles. The molecule has 1 N–H and O–H groups in total. The van der Waals surface area contributed by atoms with Gasteiger partial charge in [-0.3, -0.25) is 18.7 Å². The van der Waals surface area contributed by atoms with Gasteiger partial charge in [-0.1, -0.05) is 6.92 Å². The second kappa shape index (κ2) is 7.41. The number of carbonyl (C=O) groups excluding carboxylic acids is 1. The molecule has 1 unspecified atom stereocenters. The minimum Gasteiger partial charge on any atom is -0.350 e. The number of nitrogens with zero attached hydrogens (tertiary/aromatic N) is 4. The van der Waals surface area contributed by atoms with E-state index in [4.69, 9.17) is 0 Å². The molecule has 8 nitrogen and oxygen atoms in total. The zero-order chi connectivity index (χ0) is 18.8. The van der Waals surface area contributed by atoms with Crippen molar-refractivity contribution in [3.05, 3.63) is 38.7 Å². The number of pyridine rings is 1. The van der Waals surface area contributed by atoms with E-state index in [0.717, 1.165) is 24.2 Å². The molecule has 2 aromatic rings. The summed E-state index contributed by atoms with van der Waals surface area (Å²) in [6.45, 7) is 5.90. The number of carbonyl (C=O) groups is 1. The van der Waals surface area contributed by atoms with Crippen molar-refractivity contribution in [3.63, 3.8) is 0 Å². The summed E-state index contributed by atoms with van der Waals surface area (Å²) in [5, 5.41) is 3.21. The van der Waals surface area contributed by atoms with Crippen molar-refractivity contribution in [2.45, 2.75) is 19.8 Å². The van der Waals surface area contributed by atoms with Crippen molar-refractivity contribution in [1.29, 1.82) is 0 Å². The topological polar surface area (TPSA) is 89.2 Å². The van der Waals surface area contributed by atoms with Crippen LogP contribution in [0, 0.1) is 5.92 Å². The zero-order valence-electron chi connectivity index (χ0n) is 15.5. The van der Waals surface area contributed by atoms with E-state index in [1.807, 2.05) is 0 Å². The SMILES string of the molecule is CC(CNC(=O)c1ccc2c(=O)n(C)c(=O)n(C)c2n1)CN1CCCC1. The highest BCUT2D eigenvalue weighted by Gasteiger charge is 2.17. The monoisotopic (exact) mass is 359 g/mol. The van der Waals surface area contributed by atoms with Crippen LogP contribution in [0.25, 0.3) is 11.0 Å². The van der Waals surface area contributed by atoms with Crippen molar-refractivity contribution >= 4 is 16.9 Å². The van der Waals surface area contributed by atoms with E-state index in [2.05, 4.69) is 22.1 Å². The molecule has 140 valence electrons. The van der Waals surface area contributed by atoms with E-state index in [1.165, 1.54) is 37.6 Å². The summed E-state index contributed by atoms with van der Waals surface area (Å²) < 4.78 is 2.31. The molecule has 0 bridgehead atoms. The van der Waals surface area contributed by atoms with E-state index >= 15 is 0 Å². The summed E-state index contributed by atoms with van der Waals surface area (Å²) in [5.41, 5.74) is -0.460. The highest BCUT2D eigenvalue weighted by molar-refractivity contribution is 5.94. The fourth-order valence-corrected chi connectivity index (χ4v) is 3.41. The number of aromatic nitrogens is 3. The van der Waals surface area contributed by atoms with Gasteiger partial charge < -0.3 is 10.2 Å². The lowest BCUT2D eigenvalue weighted by molar-refractivity contribution is 0.0940. The van der Waals surface area contributed by atoms with E-state index in [9.17, 15) is 14.4 Å². The van der Waals surface area contributed by atoms with Crippen LogP contribution in [-0.2, 0) is 14.1 Å². The average molecular weight is 359 g/mol. The Bertz CT molecular complexity index is 940. The quantitative estimate of drug-likeness (QED) is 0.818. The van der Waals surface area contributed by atoms with Crippen LogP contribution in [-0.4, -0.2) is 51.1 Å². The number of hydrogen-bond donors (Lipinski definition) is 1. The molecule has 1 fully saturated rings. The first-order valence-electron chi connectivity index (χ1n) is 8.96. The Morgan fingerprint density at radius 2 is 1.88 bits per heavy atom. The summed E-state index contributed by atoms with van der Waals surface area (Å²) in [5.74, 6) is 0.0439. The highest BCUT2D eigenvalue weighted by atomic mass is 16.2. The van der Waals surface area contributed by atoms with E-state index in [1.54, 1.807) is 6.07 Å². The fraction of sp³-hybridized carbons (Fsp3) is 0.556. The van der Waals surface area contributed by atoms with E-state index < -0.39 is 11.2 Å². The van der Waals surface area contributed by atoms with Gasteiger partial charge in [-0.05, 0) is 44.0 Å². The summed E-state index contributed by atoms with van der Waals surface area (Å²) in [7, 11) is 2.96. The number of likely N-dealkylation sites (tertiary alicyclic amines) is 1. The van der Waals surface area contributed by atoms with Gasteiger partial charge in [-0.15, -0.1) is 0 Å². The van der Waals surface area contributed by atoms with Crippen LogP contribution >= 0.6 is 0 Å². The average Bonchev–Trinajstić information content (AvgIpc) is 3.15. The van der Waals surface area contributed by atoms with Crippen LogP contribution in [0.2, 0.25) is 0 Å². The predicted molar refractivity (Wildman–Crippen MR) is 99.4 cm³/mol. The standard InChI is InChI=1S/C18H25N5O3/c1-12(11-23-8-4-5-9-23)10-19-16(24)14-7-6-13-15(20-14)21(2)18(26)22(3)17(13)25/h6-7,12H,4-5,8-11H2,1-3H3,(H,19,24). The third-order valence-corrected chi connectivity index (χ3v) is 4.91. The lowest BCUT2D eigenvalue weighted by Crippen LogP contribution is -2.38. The largest absolute Gasteiger partial charge is 0.350 e. The number of amides is 1. The lowest BCUT2D eigenvalue weighted by atomic mass is 10.1. The van der Waals surface area contributed by atoms with Crippen molar-refractivity contribution in [1.82, 2.24) is 24.3 Å². The van der Waals surface area contributed by atoms with Gasteiger partial charge in [0.05, 0.1) is 5.39 Å². The minimum absolute atomic E-state index is 0.203. The summed E-state index contributed by atoms with van der Waals surface area (Å²) in [6, 6.07) is 3.07. The maximum absolute atomic E-state index is 12.4. The molecule has 26 heavy (non-hydrogen) atoms. The molecule has 0 aromatic carbocycles. The molecule has 0 radical (unpaired) electrons. The molecule has 1 amide bonds. The van der Waals surface area contributed by atoms with Gasteiger partial charge in [0.1, 0.15) is 11.3 Å². The Kier molecular flexibility index (Phi) is 5.22. The van der Waals surface area contributed by atoms with Gasteiger partial charge >= 0.3 is 5.69 Å². The third kappa shape index (κ3) is 3.55. The first-order chi connectivity index (χ1) is 12.4. The lowest BCUT2D eigenvalue weighted by Gasteiger charge is -2.20. The first-order valence-corrected chi connectivity index (χ1v) is 8.96. The van der Waals surface area contributed by atoms with Gasteiger partial charge in [0.15, 0.2) is 0 Å². The molecule has 2 aromatic heterocycles. The van der Waals surface area contributed by atoms with Gasteiger partial charge in [0, 0.05) is 27.2 Å². The van der Waals surface area contributed by atoms with Crippen LogP contribution in [0.4, 0.5) is 0 Å². The Morgan fingerprint density at radius 1 is 1.19 bits per heavy atom. The highest BCUT2D eigenvalue weighted by Crippen LogP contribution is 2.10. The van der Waals surface area contributed by atoms with Crippen LogP contribution < -0.4 is 16.6 Å². The Hall–Kier alpha value is -2.48. The van der Waals surface area contributed by atoms with Crippen molar-refractivity contribution in [2.75, 3.05) is 26.2 Å². The second-order valence-electron chi connectivity index (χ2n) is 7.10. The van der Waals surface area contributed by atoms with E-state index in [-0.39, 0.29) is 17.2 Å². The molecule has 1 aliphatic rings. The van der Waals surface area contributed by atoms with Crippen molar-refractivity contribution in [3.8, 4) is 0 Å². The van der Waals surface area contributed by atoms with Gasteiger partial charge in [0.25, 0.3) is 11.5 Å². The number of aryl methyl sites for hydroxylation is 1. The summed E-state index contributed by atoms with van der Waals surface area (Å²) >= 11 is 0. The number of rotatable bonds is 5. The number of hydrogen-bond acceptors (Lipinski definition) is 5. The molecule has 3 rings (SSSR count). The first kappa shape index (κ1) is 18.3. The second-order valence-corrected chi connectivity index (χ2v) is 7.10. The van der Waals surface area contributed by atoms with Crippen LogP contribution in [0.15, 0.2) is 21.7 Å². The molecule has 1 atom stereocenters. The maximum Gasteiger partial charge on any atom is 0.332 e. The van der Waals surface area contributed by atoms with Gasteiger partial charge in [-0.25, -0.2) is 9.78 Å². The fourth-order valence-electron chi connectivity index (χ4n) is 3.41. The zero-order valence-corrected chi connectivity index (χ0v) is 15.5. The van der Waals surface area contributed by atoms with Crippen LogP contribution in [0.5, 0.6) is 0 Å². The van der Waals surface area contributed by atoms with Gasteiger partial charge in [0.2, 0.25) is 0 Å². The maximum atomic E-state index is 12.4. The number of fused-ring (bicyclic) bond motifs is 1. The molecule has 8 heteroatoms. The number of nitrogens with one attached hydrogen (secondary N) is 1. The van der Waals surface area contributed by atoms with Crippen molar-refractivity contribution < 1.29 is 4.79 Å². The Balaban J connectivity index is 1.74. The summed E-state index contributed by atoms with van der Waals surface area (Å²) in [4.78, 5) is 43.3. The third-order valence-electron chi connectivity index (χ3n) is 4.91. The van der Waals surface area contributed by atoms with Crippen molar-refractivity contribution in [2.24, 2.45) is 20.0 Å². The van der Waals surface area contributed by atoms with Crippen LogP contribution in [0.3, 0.4) is 0 Å². The summed E-state index contributed by atoms with van der Waals surface area (Å²) in [6.07, 6.45) is 2.50. The molecule has 0 spiro atoms. The van der Waals surface area contributed by atoms with Crippen LogP contribution in [0.1, 0.15) is 30.3 Å². The van der Waals surface area contributed by atoms with E-state index in [0.29, 0.717) is 17.8 Å². The molecular weight excluding hydrogens is 334 g/mol. The van der Waals surface area contributed by atoms with Gasteiger partial charge in [-0.2, -0.15) is 0 Å². The molecular formula is C18H25N5O3.